The first-order valence-corrected chi connectivity index (χ1v) is 9.58. The fourth-order valence-corrected chi connectivity index (χ4v) is 3.00. The first kappa shape index (κ1) is 19.8. The summed E-state index contributed by atoms with van der Waals surface area (Å²) in [6.45, 7) is 4.64. The average molecular weight is 397 g/mol. The van der Waals surface area contributed by atoms with E-state index in [1.165, 1.54) is 5.56 Å². The Kier molecular flexibility index (Phi) is 6.60. The lowest BCUT2D eigenvalue weighted by Crippen LogP contribution is -2.00. The molecule has 0 saturated carbocycles. The zero-order valence-corrected chi connectivity index (χ0v) is 17.1. The van der Waals surface area contributed by atoms with Gasteiger partial charge in [0.2, 0.25) is 4.77 Å². The number of methoxy groups -OCH3 is 1. The van der Waals surface area contributed by atoms with Crippen molar-refractivity contribution in [3.05, 3.63) is 69.8 Å². The minimum absolute atomic E-state index is 0.477. The summed E-state index contributed by atoms with van der Waals surface area (Å²) in [5, 5.41) is 11.5. The molecule has 0 bridgehead atoms. The SMILES string of the molecule is CCCc1n[nH]c(=S)n1/N=C\c1ccc(OCc2cccc(C)c2)c(OC)c1. The molecule has 0 amide bonds. The highest BCUT2D eigenvalue weighted by atomic mass is 32.1. The summed E-state index contributed by atoms with van der Waals surface area (Å²) in [7, 11) is 1.63. The molecule has 6 nitrogen and oxygen atoms in total. The van der Waals surface area contributed by atoms with Gasteiger partial charge in [0.15, 0.2) is 17.3 Å². The normalized spacial score (nSPS) is 11.1. The van der Waals surface area contributed by atoms with Crippen molar-refractivity contribution in [1.29, 1.82) is 0 Å². The van der Waals surface area contributed by atoms with E-state index in [9.17, 15) is 0 Å². The Morgan fingerprint density at radius 2 is 2.07 bits per heavy atom. The molecule has 0 fully saturated rings. The van der Waals surface area contributed by atoms with E-state index in [4.69, 9.17) is 21.7 Å². The topological polar surface area (TPSA) is 64.4 Å². The third-order valence-corrected chi connectivity index (χ3v) is 4.44. The molecule has 0 spiro atoms. The molecular formula is C21H24N4O2S. The monoisotopic (exact) mass is 396 g/mol. The third kappa shape index (κ3) is 4.86. The molecule has 2 aromatic carbocycles. The molecule has 1 N–H and O–H groups in total. The predicted molar refractivity (Wildman–Crippen MR) is 113 cm³/mol. The van der Waals surface area contributed by atoms with Crippen molar-refractivity contribution in [1.82, 2.24) is 14.9 Å². The summed E-state index contributed by atoms with van der Waals surface area (Å²) in [5.74, 6) is 2.16. The predicted octanol–water partition coefficient (Wildman–Crippen LogP) is 4.67. The van der Waals surface area contributed by atoms with Crippen LogP contribution in [0.2, 0.25) is 0 Å². The number of aromatic nitrogens is 3. The van der Waals surface area contributed by atoms with Gasteiger partial charge in [0.05, 0.1) is 13.3 Å². The highest BCUT2D eigenvalue weighted by molar-refractivity contribution is 7.71. The van der Waals surface area contributed by atoms with Crippen molar-refractivity contribution in [3.8, 4) is 11.5 Å². The maximum atomic E-state index is 5.94. The molecule has 146 valence electrons. The van der Waals surface area contributed by atoms with Gasteiger partial charge in [-0.25, -0.2) is 0 Å². The number of benzene rings is 2. The van der Waals surface area contributed by atoms with Crippen LogP contribution in [-0.2, 0) is 13.0 Å². The van der Waals surface area contributed by atoms with Crippen molar-refractivity contribution >= 4 is 18.4 Å². The number of ether oxygens (including phenoxy) is 2. The van der Waals surface area contributed by atoms with Crippen molar-refractivity contribution in [2.45, 2.75) is 33.3 Å². The van der Waals surface area contributed by atoms with Gasteiger partial charge in [-0.05, 0) is 54.9 Å². The molecule has 0 aliphatic rings. The van der Waals surface area contributed by atoms with Gasteiger partial charge in [0, 0.05) is 6.42 Å². The maximum Gasteiger partial charge on any atom is 0.216 e. The lowest BCUT2D eigenvalue weighted by atomic mass is 10.1. The molecule has 28 heavy (non-hydrogen) atoms. The standard InChI is InChI=1S/C21H24N4O2S/c1-4-6-20-23-24-21(28)25(20)22-13-16-9-10-18(19(12-16)26-3)27-14-17-8-5-7-15(2)11-17/h5,7-13H,4,6,14H2,1-3H3,(H,24,28)/b22-13-. The number of rotatable bonds is 8. The fraction of sp³-hybridized carbons (Fsp3) is 0.286. The number of H-pyrrole nitrogens is 1. The van der Waals surface area contributed by atoms with Gasteiger partial charge < -0.3 is 9.47 Å². The summed E-state index contributed by atoms with van der Waals surface area (Å²) < 4.78 is 13.5. The van der Waals surface area contributed by atoms with Gasteiger partial charge in [-0.1, -0.05) is 36.8 Å². The molecule has 7 heteroatoms. The van der Waals surface area contributed by atoms with E-state index >= 15 is 0 Å². The van der Waals surface area contributed by atoms with Gasteiger partial charge >= 0.3 is 0 Å². The highest BCUT2D eigenvalue weighted by Crippen LogP contribution is 2.28. The first-order chi connectivity index (χ1) is 13.6. The van der Waals surface area contributed by atoms with Crippen LogP contribution >= 0.6 is 12.2 Å². The van der Waals surface area contributed by atoms with E-state index in [0.29, 0.717) is 22.9 Å². The zero-order valence-electron chi connectivity index (χ0n) is 16.3. The van der Waals surface area contributed by atoms with Gasteiger partial charge in [0.25, 0.3) is 0 Å². The van der Waals surface area contributed by atoms with Crippen LogP contribution in [0.5, 0.6) is 11.5 Å². The number of aromatic amines is 1. The van der Waals surface area contributed by atoms with E-state index in [1.807, 2.05) is 30.3 Å². The molecule has 0 unspecified atom stereocenters. The Hall–Kier alpha value is -2.93. The van der Waals surface area contributed by atoms with Gasteiger partial charge in [-0.15, -0.1) is 0 Å². The second-order valence-electron chi connectivity index (χ2n) is 6.44. The van der Waals surface area contributed by atoms with Crippen LogP contribution in [0.4, 0.5) is 0 Å². The third-order valence-electron chi connectivity index (χ3n) is 4.18. The van der Waals surface area contributed by atoms with Crippen molar-refractivity contribution in [3.63, 3.8) is 0 Å². The van der Waals surface area contributed by atoms with Gasteiger partial charge in [-0.3, -0.25) is 5.10 Å². The molecule has 0 saturated heterocycles. The van der Waals surface area contributed by atoms with Crippen LogP contribution in [0, 0.1) is 11.7 Å². The molecule has 3 rings (SSSR count). The zero-order chi connectivity index (χ0) is 19.9. The Morgan fingerprint density at radius 3 is 2.82 bits per heavy atom. The number of aryl methyl sites for hydroxylation is 2. The van der Waals surface area contributed by atoms with E-state index in [-0.39, 0.29) is 0 Å². The minimum Gasteiger partial charge on any atom is -0.493 e. The minimum atomic E-state index is 0.477. The molecule has 1 heterocycles. The van der Waals surface area contributed by atoms with Crippen LogP contribution in [0.1, 0.15) is 35.9 Å². The first-order valence-electron chi connectivity index (χ1n) is 9.17. The van der Waals surface area contributed by atoms with Gasteiger partial charge in [0.1, 0.15) is 6.61 Å². The van der Waals surface area contributed by atoms with Gasteiger partial charge in [-0.2, -0.15) is 14.9 Å². The number of nitrogens with zero attached hydrogens (tertiary/aromatic N) is 3. The molecule has 1 aromatic heterocycles. The van der Waals surface area contributed by atoms with E-state index < -0.39 is 0 Å². The highest BCUT2D eigenvalue weighted by Gasteiger charge is 2.07. The van der Waals surface area contributed by atoms with Crippen LogP contribution in [0.3, 0.4) is 0 Å². The van der Waals surface area contributed by atoms with E-state index in [1.54, 1.807) is 18.0 Å². The molecule has 0 aliphatic heterocycles. The largest absolute Gasteiger partial charge is 0.493 e. The van der Waals surface area contributed by atoms with E-state index in [0.717, 1.165) is 29.8 Å². The molecule has 0 atom stereocenters. The summed E-state index contributed by atoms with van der Waals surface area (Å²) in [4.78, 5) is 0. The number of nitrogens with one attached hydrogen (secondary N) is 1. The molecule has 3 aromatic rings. The Balaban J connectivity index is 1.76. The summed E-state index contributed by atoms with van der Waals surface area (Å²) in [5.41, 5.74) is 3.20. The summed E-state index contributed by atoms with van der Waals surface area (Å²) in [6.07, 6.45) is 3.51. The second-order valence-corrected chi connectivity index (χ2v) is 6.83. The van der Waals surface area contributed by atoms with Crippen molar-refractivity contribution in [2.75, 3.05) is 7.11 Å². The van der Waals surface area contributed by atoms with Crippen LogP contribution in [0.15, 0.2) is 47.6 Å². The Morgan fingerprint density at radius 1 is 1.21 bits per heavy atom. The molecule has 0 aliphatic carbocycles. The Bertz CT molecular complexity index is 1020. The summed E-state index contributed by atoms with van der Waals surface area (Å²) >= 11 is 5.25. The smallest absolute Gasteiger partial charge is 0.216 e. The Labute approximate surface area is 169 Å². The van der Waals surface area contributed by atoms with Crippen LogP contribution in [-0.4, -0.2) is 28.2 Å². The number of hydrogen-bond acceptors (Lipinski definition) is 5. The average Bonchev–Trinajstić information content (AvgIpc) is 3.05. The van der Waals surface area contributed by atoms with Crippen molar-refractivity contribution < 1.29 is 9.47 Å². The van der Waals surface area contributed by atoms with Crippen LogP contribution < -0.4 is 9.47 Å². The quantitative estimate of drug-likeness (QED) is 0.444. The molecule has 0 radical (unpaired) electrons. The van der Waals surface area contributed by atoms with E-state index in [2.05, 4.69) is 41.3 Å². The van der Waals surface area contributed by atoms with Crippen LogP contribution in [0.25, 0.3) is 0 Å². The summed E-state index contributed by atoms with van der Waals surface area (Å²) in [6, 6.07) is 13.9. The lowest BCUT2D eigenvalue weighted by Gasteiger charge is -2.11. The molecular weight excluding hydrogens is 372 g/mol. The fourth-order valence-electron chi connectivity index (χ4n) is 2.80. The lowest BCUT2D eigenvalue weighted by molar-refractivity contribution is 0.284. The maximum absolute atomic E-state index is 5.94. The van der Waals surface area contributed by atoms with Crippen molar-refractivity contribution in [2.24, 2.45) is 5.10 Å². The second kappa shape index (κ2) is 9.32. The number of hydrogen-bond donors (Lipinski definition) is 1.